The number of alkyl halides is 3. The van der Waals surface area contributed by atoms with Crippen LogP contribution in [0.3, 0.4) is 0 Å². The first-order valence-electron chi connectivity index (χ1n) is 7.49. The second-order valence-corrected chi connectivity index (χ2v) is 5.21. The fourth-order valence-corrected chi connectivity index (χ4v) is 2.31. The highest BCUT2D eigenvalue weighted by Crippen LogP contribution is 2.30. The minimum absolute atomic E-state index is 0.0934. The lowest BCUT2D eigenvalue weighted by atomic mass is 10.0. The van der Waals surface area contributed by atoms with Crippen molar-refractivity contribution < 1.29 is 13.2 Å². The van der Waals surface area contributed by atoms with Crippen LogP contribution in [-0.2, 0) is 6.18 Å². The molecule has 120 valence electrons. The van der Waals surface area contributed by atoms with Crippen molar-refractivity contribution in [3.63, 3.8) is 0 Å². The van der Waals surface area contributed by atoms with Gasteiger partial charge in [0.05, 0.1) is 5.56 Å². The molecule has 1 rings (SSSR count). The number of hydrogen-bond donors (Lipinski definition) is 1. The van der Waals surface area contributed by atoms with Crippen LogP contribution >= 0.6 is 0 Å². The summed E-state index contributed by atoms with van der Waals surface area (Å²) >= 11 is 0. The first-order valence-corrected chi connectivity index (χ1v) is 7.49. The molecule has 0 aliphatic heterocycles. The molecule has 0 amide bonds. The number of hydrogen-bond acceptors (Lipinski definition) is 2. The zero-order valence-corrected chi connectivity index (χ0v) is 13.0. The SMILES string of the molecule is CCCCN(CC)CC(NC)c1cccc(C(F)(F)F)c1. The van der Waals surface area contributed by atoms with E-state index in [0.29, 0.717) is 12.1 Å². The van der Waals surface area contributed by atoms with Crippen molar-refractivity contribution in [1.29, 1.82) is 0 Å². The Labute approximate surface area is 125 Å². The summed E-state index contributed by atoms with van der Waals surface area (Å²) in [5.74, 6) is 0. The lowest BCUT2D eigenvalue weighted by molar-refractivity contribution is -0.137. The molecular formula is C16H25F3N2. The van der Waals surface area contributed by atoms with Gasteiger partial charge in [0.2, 0.25) is 0 Å². The van der Waals surface area contributed by atoms with E-state index in [0.717, 1.165) is 32.0 Å². The number of halogens is 3. The molecular weight excluding hydrogens is 277 g/mol. The van der Waals surface area contributed by atoms with Crippen LogP contribution in [0.15, 0.2) is 24.3 Å². The number of nitrogens with one attached hydrogen (secondary N) is 1. The van der Waals surface area contributed by atoms with Crippen molar-refractivity contribution in [1.82, 2.24) is 10.2 Å². The first-order chi connectivity index (χ1) is 9.92. The van der Waals surface area contributed by atoms with Gasteiger partial charge >= 0.3 is 6.18 Å². The van der Waals surface area contributed by atoms with E-state index in [1.807, 2.05) is 0 Å². The maximum absolute atomic E-state index is 12.8. The predicted octanol–water partition coefficient (Wildman–Crippen LogP) is 4.09. The standard InChI is InChI=1S/C16H25F3N2/c1-4-6-10-21(5-2)12-15(20-3)13-8-7-9-14(11-13)16(17,18)19/h7-9,11,15,20H,4-6,10,12H2,1-3H3. The number of nitrogens with zero attached hydrogens (tertiary/aromatic N) is 1. The second-order valence-electron chi connectivity index (χ2n) is 5.21. The predicted molar refractivity (Wildman–Crippen MR) is 80.3 cm³/mol. The van der Waals surface area contributed by atoms with Gasteiger partial charge in [0, 0.05) is 12.6 Å². The van der Waals surface area contributed by atoms with Gasteiger partial charge in [0.15, 0.2) is 0 Å². The Morgan fingerprint density at radius 1 is 1.24 bits per heavy atom. The summed E-state index contributed by atoms with van der Waals surface area (Å²) in [6.45, 7) is 6.81. The summed E-state index contributed by atoms with van der Waals surface area (Å²) in [5, 5.41) is 3.13. The van der Waals surface area contributed by atoms with E-state index in [2.05, 4.69) is 24.1 Å². The Kier molecular flexibility index (Phi) is 7.18. The Balaban J connectivity index is 2.84. The van der Waals surface area contributed by atoms with Crippen LogP contribution in [0.5, 0.6) is 0 Å². The molecule has 0 heterocycles. The minimum Gasteiger partial charge on any atom is -0.312 e. The van der Waals surface area contributed by atoms with E-state index in [1.165, 1.54) is 12.1 Å². The first kappa shape index (κ1) is 18.0. The monoisotopic (exact) mass is 302 g/mol. The molecule has 1 aromatic carbocycles. The Hall–Kier alpha value is -1.07. The zero-order valence-electron chi connectivity index (χ0n) is 13.0. The van der Waals surface area contributed by atoms with Gasteiger partial charge in [-0.1, -0.05) is 32.4 Å². The highest BCUT2D eigenvalue weighted by atomic mass is 19.4. The van der Waals surface area contributed by atoms with E-state index in [1.54, 1.807) is 13.1 Å². The van der Waals surface area contributed by atoms with Gasteiger partial charge in [-0.05, 0) is 44.3 Å². The summed E-state index contributed by atoms with van der Waals surface area (Å²) in [6, 6.07) is 5.50. The van der Waals surface area contributed by atoms with Gasteiger partial charge in [0.25, 0.3) is 0 Å². The van der Waals surface area contributed by atoms with Crippen LogP contribution in [-0.4, -0.2) is 31.6 Å². The van der Waals surface area contributed by atoms with Crippen LogP contribution in [0.25, 0.3) is 0 Å². The Bertz CT molecular complexity index is 418. The molecule has 0 bridgehead atoms. The third kappa shape index (κ3) is 5.67. The third-order valence-electron chi connectivity index (χ3n) is 3.68. The maximum Gasteiger partial charge on any atom is 0.416 e. The largest absolute Gasteiger partial charge is 0.416 e. The van der Waals surface area contributed by atoms with Crippen molar-refractivity contribution >= 4 is 0 Å². The Morgan fingerprint density at radius 2 is 1.95 bits per heavy atom. The van der Waals surface area contributed by atoms with Crippen LogP contribution in [0.1, 0.15) is 43.9 Å². The van der Waals surface area contributed by atoms with E-state index < -0.39 is 11.7 Å². The molecule has 0 spiro atoms. The average molecular weight is 302 g/mol. The fourth-order valence-electron chi connectivity index (χ4n) is 2.31. The van der Waals surface area contributed by atoms with Gasteiger partial charge in [-0.25, -0.2) is 0 Å². The van der Waals surface area contributed by atoms with Crippen molar-refractivity contribution in [2.45, 2.75) is 38.9 Å². The fraction of sp³-hybridized carbons (Fsp3) is 0.625. The molecule has 0 saturated heterocycles. The van der Waals surface area contributed by atoms with Crippen LogP contribution < -0.4 is 5.32 Å². The third-order valence-corrected chi connectivity index (χ3v) is 3.68. The van der Waals surface area contributed by atoms with Gasteiger partial charge in [0.1, 0.15) is 0 Å². The summed E-state index contributed by atoms with van der Waals surface area (Å²) < 4.78 is 38.4. The molecule has 1 aromatic rings. The van der Waals surface area contributed by atoms with Crippen LogP contribution in [0.2, 0.25) is 0 Å². The highest BCUT2D eigenvalue weighted by molar-refractivity contribution is 5.28. The molecule has 21 heavy (non-hydrogen) atoms. The number of likely N-dealkylation sites (N-methyl/N-ethyl adjacent to an activating group) is 2. The minimum atomic E-state index is -4.29. The summed E-state index contributed by atoms with van der Waals surface area (Å²) in [7, 11) is 1.79. The summed E-state index contributed by atoms with van der Waals surface area (Å²) in [5.41, 5.74) is 0.0964. The Morgan fingerprint density at radius 3 is 2.48 bits per heavy atom. The topological polar surface area (TPSA) is 15.3 Å². The molecule has 1 N–H and O–H groups in total. The molecule has 2 nitrogen and oxygen atoms in total. The molecule has 0 saturated carbocycles. The lowest BCUT2D eigenvalue weighted by Crippen LogP contribution is -2.34. The smallest absolute Gasteiger partial charge is 0.312 e. The molecule has 0 aromatic heterocycles. The van der Waals surface area contributed by atoms with Crippen molar-refractivity contribution in [3.05, 3.63) is 35.4 Å². The second kappa shape index (κ2) is 8.39. The van der Waals surface area contributed by atoms with E-state index >= 15 is 0 Å². The average Bonchev–Trinajstić information content (AvgIpc) is 2.47. The molecule has 0 radical (unpaired) electrons. The van der Waals surface area contributed by atoms with E-state index in [-0.39, 0.29) is 6.04 Å². The molecule has 0 aliphatic carbocycles. The molecule has 5 heteroatoms. The lowest BCUT2D eigenvalue weighted by Gasteiger charge is -2.27. The van der Waals surface area contributed by atoms with Crippen LogP contribution in [0, 0.1) is 0 Å². The molecule has 0 aliphatic rings. The van der Waals surface area contributed by atoms with Gasteiger partial charge in [-0.3, -0.25) is 0 Å². The van der Waals surface area contributed by atoms with E-state index in [4.69, 9.17) is 0 Å². The van der Waals surface area contributed by atoms with Crippen molar-refractivity contribution in [2.75, 3.05) is 26.7 Å². The summed E-state index contributed by atoms with van der Waals surface area (Å²) in [4.78, 5) is 2.27. The number of rotatable bonds is 8. The quantitative estimate of drug-likeness (QED) is 0.778. The maximum atomic E-state index is 12.8. The van der Waals surface area contributed by atoms with Gasteiger partial charge in [-0.15, -0.1) is 0 Å². The molecule has 0 fully saturated rings. The van der Waals surface area contributed by atoms with Gasteiger partial charge < -0.3 is 10.2 Å². The van der Waals surface area contributed by atoms with Crippen molar-refractivity contribution in [2.24, 2.45) is 0 Å². The van der Waals surface area contributed by atoms with Crippen molar-refractivity contribution in [3.8, 4) is 0 Å². The molecule has 1 atom stereocenters. The number of unbranched alkanes of at least 4 members (excludes halogenated alkanes) is 1. The molecule has 1 unspecified atom stereocenters. The highest BCUT2D eigenvalue weighted by Gasteiger charge is 2.31. The zero-order chi connectivity index (χ0) is 15.9. The van der Waals surface area contributed by atoms with E-state index in [9.17, 15) is 13.2 Å². The number of benzene rings is 1. The normalized spacial score (nSPS) is 13.7. The summed E-state index contributed by atoms with van der Waals surface area (Å²) in [6.07, 6.45) is -2.07. The van der Waals surface area contributed by atoms with Gasteiger partial charge in [-0.2, -0.15) is 13.2 Å². The van der Waals surface area contributed by atoms with Crippen LogP contribution in [0.4, 0.5) is 13.2 Å².